The van der Waals surface area contributed by atoms with E-state index in [1.165, 1.54) is 0 Å². The van der Waals surface area contributed by atoms with Crippen LogP contribution in [0.3, 0.4) is 0 Å². The molecule has 21 heavy (non-hydrogen) atoms. The second kappa shape index (κ2) is 7.96. The smallest absolute Gasteiger partial charge is 0.223 e. The number of nitrogens with one attached hydrogen (secondary N) is 2. The molecule has 2 N–H and O–H groups in total. The lowest BCUT2D eigenvalue weighted by Crippen LogP contribution is -2.36. The summed E-state index contributed by atoms with van der Waals surface area (Å²) in [5.41, 5.74) is 1.91. The Morgan fingerprint density at radius 1 is 1.10 bits per heavy atom. The molecule has 8 nitrogen and oxygen atoms in total. The van der Waals surface area contributed by atoms with Gasteiger partial charge in [-0.3, -0.25) is 4.99 Å². The largest absolute Gasteiger partial charge is 0.361 e. The van der Waals surface area contributed by atoms with Crippen LogP contribution in [0.15, 0.2) is 14.0 Å². The first-order valence-electron chi connectivity index (χ1n) is 6.25. The minimum Gasteiger partial charge on any atom is -0.361 e. The molecule has 2 heterocycles. The Bertz CT molecular complexity index is 587. The molecule has 0 aliphatic heterocycles. The second-order valence-electron chi connectivity index (χ2n) is 4.31. The van der Waals surface area contributed by atoms with E-state index < -0.39 is 0 Å². The molecule has 0 spiro atoms. The number of aromatic nitrogens is 3. The van der Waals surface area contributed by atoms with Crippen LogP contribution < -0.4 is 10.6 Å². The Morgan fingerprint density at radius 2 is 1.81 bits per heavy atom. The molecule has 0 saturated carbocycles. The summed E-state index contributed by atoms with van der Waals surface area (Å²) in [6.07, 6.45) is 0. The van der Waals surface area contributed by atoms with Crippen LogP contribution in [0.2, 0.25) is 0 Å². The van der Waals surface area contributed by atoms with Gasteiger partial charge in [-0.2, -0.15) is 4.98 Å². The fraction of sp³-hybridized carbons (Fsp3) is 0.500. The average molecular weight is 406 g/mol. The van der Waals surface area contributed by atoms with Gasteiger partial charge in [0.2, 0.25) is 5.89 Å². The quantitative estimate of drug-likeness (QED) is 0.451. The molecule has 0 bridgehead atoms. The van der Waals surface area contributed by atoms with Gasteiger partial charge in [-0.05, 0) is 13.8 Å². The highest BCUT2D eigenvalue weighted by Crippen LogP contribution is 2.11. The Hall–Kier alpha value is -1.65. The highest BCUT2D eigenvalue weighted by molar-refractivity contribution is 14.0. The third kappa shape index (κ3) is 4.69. The van der Waals surface area contributed by atoms with E-state index in [1.54, 1.807) is 14.0 Å². The van der Waals surface area contributed by atoms with Crippen LogP contribution in [-0.4, -0.2) is 28.3 Å². The minimum atomic E-state index is 0. The highest BCUT2D eigenvalue weighted by Gasteiger charge is 2.09. The first-order valence-corrected chi connectivity index (χ1v) is 6.25. The van der Waals surface area contributed by atoms with E-state index in [-0.39, 0.29) is 24.0 Å². The number of aliphatic imine (C=N–C) groups is 1. The van der Waals surface area contributed by atoms with E-state index in [4.69, 9.17) is 9.05 Å². The maximum atomic E-state index is 5.11. The Kier molecular flexibility index (Phi) is 6.59. The molecule has 0 atom stereocenters. The zero-order valence-electron chi connectivity index (χ0n) is 12.4. The van der Waals surface area contributed by atoms with Crippen LogP contribution in [0.5, 0.6) is 0 Å². The SMILES string of the molecule is CN=C(NCc1noc(C)n1)NCc1c(C)noc1C.I. The van der Waals surface area contributed by atoms with Gasteiger partial charge in [0.05, 0.1) is 12.2 Å². The molecule has 0 fully saturated rings. The number of guanidine groups is 1. The summed E-state index contributed by atoms with van der Waals surface area (Å²) in [6, 6.07) is 0. The van der Waals surface area contributed by atoms with Gasteiger partial charge in [0.1, 0.15) is 5.76 Å². The summed E-state index contributed by atoms with van der Waals surface area (Å²) in [7, 11) is 1.70. The summed E-state index contributed by atoms with van der Waals surface area (Å²) >= 11 is 0. The van der Waals surface area contributed by atoms with Gasteiger partial charge in [-0.1, -0.05) is 10.3 Å². The summed E-state index contributed by atoms with van der Waals surface area (Å²) in [4.78, 5) is 8.23. The average Bonchev–Trinajstić information content (AvgIpc) is 2.98. The minimum absolute atomic E-state index is 0. The normalized spacial score (nSPS) is 11.1. The fourth-order valence-corrected chi connectivity index (χ4v) is 1.72. The van der Waals surface area contributed by atoms with Crippen molar-refractivity contribution < 1.29 is 9.05 Å². The highest BCUT2D eigenvalue weighted by atomic mass is 127. The number of hydrogen-bond acceptors (Lipinski definition) is 6. The molecular formula is C12H19IN6O2. The van der Waals surface area contributed by atoms with E-state index in [0.29, 0.717) is 30.8 Å². The Balaban J connectivity index is 0.00000220. The molecule has 0 aromatic carbocycles. The first-order chi connectivity index (χ1) is 9.60. The predicted octanol–water partition coefficient (Wildman–Crippen LogP) is 1.47. The molecule has 0 saturated heterocycles. The van der Waals surface area contributed by atoms with Gasteiger partial charge in [0, 0.05) is 26.1 Å². The van der Waals surface area contributed by atoms with Gasteiger partial charge in [0.15, 0.2) is 11.8 Å². The van der Waals surface area contributed by atoms with E-state index in [1.807, 2.05) is 13.8 Å². The second-order valence-corrected chi connectivity index (χ2v) is 4.31. The maximum absolute atomic E-state index is 5.11. The molecule has 2 aromatic rings. The number of rotatable bonds is 4. The summed E-state index contributed by atoms with van der Waals surface area (Å²) < 4.78 is 10.0. The van der Waals surface area contributed by atoms with Crippen LogP contribution >= 0.6 is 24.0 Å². The van der Waals surface area contributed by atoms with Crippen molar-refractivity contribution in [1.82, 2.24) is 25.9 Å². The standard InChI is InChI=1S/C12H18N6O2.HI/c1-7-10(8(2)19-17-7)5-14-12(13-4)15-6-11-16-9(3)20-18-11;/h5-6H2,1-4H3,(H2,13,14,15);1H. The van der Waals surface area contributed by atoms with E-state index in [9.17, 15) is 0 Å². The zero-order chi connectivity index (χ0) is 14.5. The zero-order valence-corrected chi connectivity index (χ0v) is 14.8. The van der Waals surface area contributed by atoms with Crippen LogP contribution in [-0.2, 0) is 13.1 Å². The van der Waals surface area contributed by atoms with E-state index >= 15 is 0 Å². The van der Waals surface area contributed by atoms with Crippen LogP contribution in [0.4, 0.5) is 0 Å². The van der Waals surface area contributed by atoms with Crippen molar-refractivity contribution in [2.45, 2.75) is 33.9 Å². The molecule has 0 radical (unpaired) electrons. The maximum Gasteiger partial charge on any atom is 0.223 e. The summed E-state index contributed by atoms with van der Waals surface area (Å²) in [5.74, 6) is 2.58. The lowest BCUT2D eigenvalue weighted by Gasteiger charge is -2.10. The lowest BCUT2D eigenvalue weighted by molar-refractivity contribution is 0.387. The third-order valence-corrected chi connectivity index (χ3v) is 2.82. The van der Waals surface area contributed by atoms with Crippen LogP contribution in [0.25, 0.3) is 0 Å². The van der Waals surface area contributed by atoms with Crippen molar-refractivity contribution in [3.05, 3.63) is 28.7 Å². The number of halogens is 1. The molecule has 0 aliphatic rings. The van der Waals surface area contributed by atoms with Gasteiger partial charge in [-0.25, -0.2) is 0 Å². The monoisotopic (exact) mass is 406 g/mol. The Labute approximate surface area is 139 Å². The van der Waals surface area contributed by atoms with Crippen molar-refractivity contribution in [3.8, 4) is 0 Å². The molecule has 2 rings (SSSR count). The van der Waals surface area contributed by atoms with Crippen LogP contribution in [0.1, 0.15) is 28.7 Å². The first kappa shape index (κ1) is 17.4. The molecule has 2 aromatic heterocycles. The Morgan fingerprint density at radius 3 is 2.33 bits per heavy atom. The van der Waals surface area contributed by atoms with E-state index in [2.05, 4.69) is 30.9 Å². The van der Waals surface area contributed by atoms with Crippen LogP contribution in [0, 0.1) is 20.8 Å². The molecular weight excluding hydrogens is 387 g/mol. The fourth-order valence-electron chi connectivity index (χ4n) is 1.72. The lowest BCUT2D eigenvalue weighted by atomic mass is 10.2. The number of nitrogens with zero attached hydrogens (tertiary/aromatic N) is 4. The van der Waals surface area contributed by atoms with Gasteiger partial charge < -0.3 is 19.7 Å². The molecule has 0 aliphatic carbocycles. The topological polar surface area (TPSA) is 101 Å². The third-order valence-electron chi connectivity index (χ3n) is 2.82. The van der Waals surface area contributed by atoms with Crippen molar-refractivity contribution in [3.63, 3.8) is 0 Å². The van der Waals surface area contributed by atoms with Crippen molar-refractivity contribution >= 4 is 29.9 Å². The van der Waals surface area contributed by atoms with Gasteiger partial charge in [-0.15, -0.1) is 24.0 Å². The van der Waals surface area contributed by atoms with Gasteiger partial charge >= 0.3 is 0 Å². The van der Waals surface area contributed by atoms with Crippen molar-refractivity contribution in [1.29, 1.82) is 0 Å². The molecule has 116 valence electrons. The number of aryl methyl sites for hydroxylation is 3. The number of hydrogen-bond donors (Lipinski definition) is 2. The van der Waals surface area contributed by atoms with Crippen molar-refractivity contribution in [2.75, 3.05) is 7.05 Å². The summed E-state index contributed by atoms with van der Waals surface area (Å²) in [5, 5.41) is 14.0. The molecule has 0 unspecified atom stereocenters. The van der Waals surface area contributed by atoms with Gasteiger partial charge in [0.25, 0.3) is 0 Å². The summed E-state index contributed by atoms with van der Waals surface area (Å²) in [6.45, 7) is 6.58. The predicted molar refractivity (Wildman–Crippen MR) is 87.5 cm³/mol. The molecule has 9 heteroatoms. The van der Waals surface area contributed by atoms with E-state index in [0.717, 1.165) is 17.0 Å². The van der Waals surface area contributed by atoms with Crippen molar-refractivity contribution in [2.24, 2.45) is 4.99 Å². The molecule has 0 amide bonds.